The van der Waals surface area contributed by atoms with Crippen LogP contribution in [0.3, 0.4) is 0 Å². The van der Waals surface area contributed by atoms with Crippen molar-refractivity contribution in [2.75, 3.05) is 7.11 Å². The van der Waals surface area contributed by atoms with E-state index >= 15 is 0 Å². The van der Waals surface area contributed by atoms with Crippen LogP contribution in [0.5, 0.6) is 17.2 Å². The number of methoxy groups -OCH3 is 1. The quantitative estimate of drug-likeness (QED) is 0.359. The Hall–Kier alpha value is -2.74. The van der Waals surface area contributed by atoms with E-state index < -0.39 is 10.9 Å². The number of carbonyl (C=O) groups is 1. The van der Waals surface area contributed by atoms with Crippen LogP contribution in [0.4, 0.5) is 5.69 Å². The summed E-state index contributed by atoms with van der Waals surface area (Å²) in [6, 6.07) is 8.59. The first-order valence-electron chi connectivity index (χ1n) is 6.89. The highest BCUT2D eigenvalue weighted by Gasteiger charge is 2.14. The Balaban J connectivity index is 2.31. The molecule has 0 saturated carbocycles. The summed E-state index contributed by atoms with van der Waals surface area (Å²) in [5, 5.41) is 20.8. The second-order valence-electron chi connectivity index (χ2n) is 4.86. The molecule has 0 atom stereocenters. The molecule has 0 amide bonds. The Morgan fingerprint density at radius 3 is 2.62 bits per heavy atom. The fraction of sp³-hybridized carbons (Fsp3) is 0.188. The number of phenolic OH excluding ortho intramolecular Hbond substituents is 1. The molecule has 0 fully saturated rings. The van der Waals surface area contributed by atoms with Gasteiger partial charge < -0.3 is 14.6 Å². The van der Waals surface area contributed by atoms with Gasteiger partial charge in [-0.25, -0.2) is 0 Å². The molecule has 0 aliphatic rings. The van der Waals surface area contributed by atoms with Crippen LogP contribution in [-0.2, 0) is 21.7 Å². The van der Waals surface area contributed by atoms with E-state index in [4.69, 9.17) is 4.74 Å². The fourth-order valence-electron chi connectivity index (χ4n) is 2.01. The van der Waals surface area contributed by atoms with E-state index in [0.29, 0.717) is 16.9 Å². The average molecular weight is 349 g/mol. The second kappa shape index (κ2) is 7.69. The summed E-state index contributed by atoms with van der Waals surface area (Å²) in [5.41, 5.74) is 1.03. The molecular formula is C16H15NO6S. The van der Waals surface area contributed by atoms with Crippen molar-refractivity contribution < 1.29 is 24.3 Å². The Bertz CT molecular complexity index is 777. The maximum absolute atomic E-state index is 11.3. The van der Waals surface area contributed by atoms with E-state index in [1.54, 1.807) is 6.07 Å². The first kappa shape index (κ1) is 17.6. The lowest BCUT2D eigenvalue weighted by Gasteiger charge is -2.12. The van der Waals surface area contributed by atoms with Crippen LogP contribution in [0.2, 0.25) is 0 Å². The van der Waals surface area contributed by atoms with Crippen molar-refractivity contribution in [2.24, 2.45) is 0 Å². The van der Waals surface area contributed by atoms with Gasteiger partial charge in [-0.1, -0.05) is 6.07 Å². The number of carbonyl (C=O) groups excluding carboxylic acids is 1. The highest BCUT2D eigenvalue weighted by atomic mass is 32.1. The van der Waals surface area contributed by atoms with Crippen LogP contribution in [0, 0.1) is 10.1 Å². The first-order chi connectivity index (χ1) is 11.4. The monoisotopic (exact) mass is 349 g/mol. The molecule has 0 bridgehead atoms. The van der Waals surface area contributed by atoms with Gasteiger partial charge in [0, 0.05) is 23.4 Å². The first-order valence-corrected chi connectivity index (χ1v) is 7.52. The number of ether oxygens (including phenoxy) is 2. The smallest absolute Gasteiger partial charge is 0.309 e. The Morgan fingerprint density at radius 1 is 1.25 bits per heavy atom. The molecule has 2 rings (SSSR count). The highest BCUT2D eigenvalue weighted by molar-refractivity contribution is 7.79. The van der Waals surface area contributed by atoms with E-state index in [2.05, 4.69) is 17.4 Å². The normalized spacial score (nSPS) is 10.2. The molecule has 8 heteroatoms. The predicted octanol–water partition coefficient (Wildman–Crippen LogP) is 3.24. The molecule has 1 N–H and O–H groups in total. The molecule has 2 aromatic carbocycles. The van der Waals surface area contributed by atoms with E-state index in [-0.39, 0.29) is 29.4 Å². The molecule has 2 aromatic rings. The number of phenols is 1. The SMILES string of the molecule is COC(=O)Cc1ccc(O)c(Oc2ccc([N+](=O)[O-])cc2CS)c1. The molecule has 0 radical (unpaired) electrons. The van der Waals surface area contributed by atoms with Crippen molar-refractivity contribution >= 4 is 24.3 Å². The van der Waals surface area contributed by atoms with Gasteiger partial charge in [-0.15, -0.1) is 0 Å². The lowest BCUT2D eigenvalue weighted by atomic mass is 10.1. The lowest BCUT2D eigenvalue weighted by molar-refractivity contribution is -0.384. The van der Waals surface area contributed by atoms with Gasteiger partial charge in [-0.2, -0.15) is 12.6 Å². The maximum Gasteiger partial charge on any atom is 0.309 e. The topological polar surface area (TPSA) is 98.9 Å². The minimum Gasteiger partial charge on any atom is -0.504 e. The van der Waals surface area contributed by atoms with E-state index in [1.165, 1.54) is 37.4 Å². The van der Waals surface area contributed by atoms with Crippen LogP contribution in [0.1, 0.15) is 11.1 Å². The van der Waals surface area contributed by atoms with Gasteiger partial charge in [0.2, 0.25) is 0 Å². The van der Waals surface area contributed by atoms with Gasteiger partial charge in [-0.3, -0.25) is 14.9 Å². The third-order valence-corrected chi connectivity index (χ3v) is 3.59. The van der Waals surface area contributed by atoms with Gasteiger partial charge in [0.05, 0.1) is 18.5 Å². The van der Waals surface area contributed by atoms with Gasteiger partial charge in [-0.05, 0) is 23.8 Å². The molecule has 0 heterocycles. The summed E-state index contributed by atoms with van der Waals surface area (Å²) >= 11 is 4.14. The van der Waals surface area contributed by atoms with Crippen molar-refractivity contribution in [1.82, 2.24) is 0 Å². The zero-order valence-electron chi connectivity index (χ0n) is 12.8. The number of aromatic hydroxyl groups is 1. The van der Waals surface area contributed by atoms with Gasteiger partial charge >= 0.3 is 5.97 Å². The minimum atomic E-state index is -0.509. The van der Waals surface area contributed by atoms with Crippen LogP contribution in [0.25, 0.3) is 0 Å². The summed E-state index contributed by atoms with van der Waals surface area (Å²) in [4.78, 5) is 21.7. The lowest BCUT2D eigenvalue weighted by Crippen LogP contribution is -2.04. The van der Waals surface area contributed by atoms with Crippen LogP contribution < -0.4 is 4.74 Å². The standard InChI is InChI=1S/C16H15NO6S/c1-22-16(19)7-10-2-4-13(18)15(6-10)23-14-5-3-12(17(20)21)8-11(14)9-24/h2-6,8,18,24H,7,9H2,1H3. The summed E-state index contributed by atoms with van der Waals surface area (Å²) in [6.07, 6.45) is 0.0346. The van der Waals surface area contributed by atoms with Gasteiger partial charge in [0.15, 0.2) is 11.5 Å². The number of rotatable bonds is 6. The number of benzene rings is 2. The van der Waals surface area contributed by atoms with Crippen LogP contribution in [0.15, 0.2) is 36.4 Å². The summed E-state index contributed by atoms with van der Waals surface area (Å²) in [7, 11) is 1.29. The van der Waals surface area contributed by atoms with Crippen LogP contribution >= 0.6 is 12.6 Å². The number of non-ortho nitro benzene ring substituents is 1. The summed E-state index contributed by atoms with van der Waals surface area (Å²) in [5.74, 6) is 0.152. The Kier molecular flexibility index (Phi) is 5.64. The fourth-order valence-corrected chi connectivity index (χ4v) is 2.26. The highest BCUT2D eigenvalue weighted by Crippen LogP contribution is 2.35. The molecular weight excluding hydrogens is 334 g/mol. The average Bonchev–Trinajstić information content (AvgIpc) is 2.57. The van der Waals surface area contributed by atoms with Crippen molar-refractivity contribution in [3.8, 4) is 17.2 Å². The van der Waals surface area contributed by atoms with E-state index in [9.17, 15) is 20.0 Å². The Morgan fingerprint density at radius 2 is 2.00 bits per heavy atom. The number of hydrogen-bond donors (Lipinski definition) is 2. The zero-order valence-corrected chi connectivity index (χ0v) is 13.7. The van der Waals surface area contributed by atoms with Crippen molar-refractivity contribution in [1.29, 1.82) is 0 Å². The number of esters is 1. The second-order valence-corrected chi connectivity index (χ2v) is 5.18. The number of nitro groups is 1. The zero-order chi connectivity index (χ0) is 17.7. The van der Waals surface area contributed by atoms with Crippen molar-refractivity contribution in [3.05, 3.63) is 57.6 Å². The number of thiol groups is 1. The molecule has 0 saturated heterocycles. The molecule has 0 aliphatic heterocycles. The van der Waals surface area contributed by atoms with Gasteiger partial charge in [0.1, 0.15) is 5.75 Å². The summed E-state index contributed by atoms with van der Waals surface area (Å²) < 4.78 is 10.2. The van der Waals surface area contributed by atoms with E-state index in [0.717, 1.165) is 0 Å². The van der Waals surface area contributed by atoms with Crippen molar-refractivity contribution in [3.63, 3.8) is 0 Å². The minimum absolute atomic E-state index is 0.0346. The number of hydrogen-bond acceptors (Lipinski definition) is 7. The Labute approximate surface area is 143 Å². The predicted molar refractivity (Wildman–Crippen MR) is 89.7 cm³/mol. The number of nitro benzene ring substituents is 1. The number of nitrogens with zero attached hydrogens (tertiary/aromatic N) is 1. The molecule has 24 heavy (non-hydrogen) atoms. The van der Waals surface area contributed by atoms with Crippen LogP contribution in [-0.4, -0.2) is 23.1 Å². The van der Waals surface area contributed by atoms with Crippen molar-refractivity contribution in [2.45, 2.75) is 12.2 Å². The third-order valence-electron chi connectivity index (χ3n) is 3.25. The molecule has 0 aliphatic carbocycles. The molecule has 0 spiro atoms. The maximum atomic E-state index is 11.3. The molecule has 126 valence electrons. The molecule has 0 aromatic heterocycles. The third kappa shape index (κ3) is 4.17. The summed E-state index contributed by atoms with van der Waals surface area (Å²) in [6.45, 7) is 0. The molecule has 7 nitrogen and oxygen atoms in total. The van der Waals surface area contributed by atoms with Gasteiger partial charge in [0.25, 0.3) is 5.69 Å². The largest absolute Gasteiger partial charge is 0.504 e. The molecule has 0 unspecified atom stereocenters. The van der Waals surface area contributed by atoms with E-state index in [1.807, 2.05) is 0 Å².